The Balaban J connectivity index is 1.50. The summed E-state index contributed by atoms with van der Waals surface area (Å²) in [5.74, 6) is -0.0208. The molecule has 1 aliphatic rings. The number of likely N-dealkylation sites (N-methyl/N-ethyl adjacent to an activating group) is 1. The Morgan fingerprint density at radius 1 is 1.12 bits per heavy atom. The maximum atomic E-state index is 12.4. The van der Waals surface area contributed by atoms with E-state index in [2.05, 4.69) is 39.3 Å². The fraction of sp³-hybridized carbons (Fsp3) is 0.429. The average Bonchev–Trinajstić information content (AvgIpc) is 2.65. The molecule has 0 spiro atoms. The standard InChI is InChI=1S/C21H28N4O/c1-17(14-19-4-3-9-22-15-19)23-21(26)20-7-5-18(6-8-20)16-25-12-10-24(2)11-13-25/h3-9,15,17H,10-14,16H2,1-2H3,(H,23,26)/t17-/m1/s1. The topological polar surface area (TPSA) is 48.5 Å². The lowest BCUT2D eigenvalue weighted by molar-refractivity contribution is 0.0940. The third-order valence-electron chi connectivity index (χ3n) is 4.86. The molecule has 5 nitrogen and oxygen atoms in total. The molecule has 0 aliphatic carbocycles. The number of aromatic nitrogens is 1. The second kappa shape index (κ2) is 8.92. The molecule has 26 heavy (non-hydrogen) atoms. The number of carbonyl (C=O) groups excluding carboxylic acids is 1. The van der Waals surface area contributed by atoms with Crippen LogP contribution >= 0.6 is 0 Å². The summed E-state index contributed by atoms with van der Waals surface area (Å²) in [6.07, 6.45) is 4.38. The maximum absolute atomic E-state index is 12.4. The largest absolute Gasteiger partial charge is 0.349 e. The van der Waals surface area contributed by atoms with Crippen molar-refractivity contribution in [1.29, 1.82) is 0 Å². The third kappa shape index (κ3) is 5.38. The molecular formula is C21H28N4O. The number of amides is 1. The van der Waals surface area contributed by atoms with Crippen molar-refractivity contribution < 1.29 is 4.79 Å². The first-order chi connectivity index (χ1) is 12.6. The zero-order valence-corrected chi connectivity index (χ0v) is 15.7. The predicted molar refractivity (Wildman–Crippen MR) is 104 cm³/mol. The molecule has 0 radical (unpaired) electrons. The van der Waals surface area contributed by atoms with Crippen molar-refractivity contribution in [3.63, 3.8) is 0 Å². The Hall–Kier alpha value is -2.24. The Labute approximate surface area is 156 Å². The van der Waals surface area contributed by atoms with Gasteiger partial charge in [-0.1, -0.05) is 18.2 Å². The van der Waals surface area contributed by atoms with Crippen LogP contribution in [0.3, 0.4) is 0 Å². The molecule has 1 fully saturated rings. The molecular weight excluding hydrogens is 324 g/mol. The van der Waals surface area contributed by atoms with Gasteiger partial charge in [0.15, 0.2) is 0 Å². The lowest BCUT2D eigenvalue weighted by atomic mass is 10.1. The summed E-state index contributed by atoms with van der Waals surface area (Å²) in [5, 5.41) is 3.07. The minimum absolute atomic E-state index is 0.0208. The van der Waals surface area contributed by atoms with Gasteiger partial charge >= 0.3 is 0 Å². The Morgan fingerprint density at radius 3 is 2.50 bits per heavy atom. The quantitative estimate of drug-likeness (QED) is 0.866. The van der Waals surface area contributed by atoms with Gasteiger partial charge in [-0.25, -0.2) is 0 Å². The summed E-state index contributed by atoms with van der Waals surface area (Å²) in [4.78, 5) is 21.4. The normalized spacial score (nSPS) is 17.0. The minimum atomic E-state index is -0.0208. The van der Waals surface area contributed by atoms with Gasteiger partial charge in [0, 0.05) is 56.7 Å². The van der Waals surface area contributed by atoms with Crippen molar-refractivity contribution in [3.8, 4) is 0 Å². The summed E-state index contributed by atoms with van der Waals surface area (Å²) >= 11 is 0. The number of pyridine rings is 1. The van der Waals surface area contributed by atoms with E-state index in [1.54, 1.807) is 6.20 Å². The van der Waals surface area contributed by atoms with Crippen LogP contribution in [0.5, 0.6) is 0 Å². The molecule has 0 saturated carbocycles. The summed E-state index contributed by atoms with van der Waals surface area (Å²) in [7, 11) is 2.17. The van der Waals surface area contributed by atoms with E-state index in [1.165, 1.54) is 5.56 Å². The molecule has 1 aliphatic heterocycles. The molecule has 0 bridgehead atoms. The number of nitrogens with zero attached hydrogens (tertiary/aromatic N) is 3. The van der Waals surface area contributed by atoms with Crippen molar-refractivity contribution in [2.24, 2.45) is 0 Å². The highest BCUT2D eigenvalue weighted by Crippen LogP contribution is 2.10. The Kier molecular flexibility index (Phi) is 6.36. The van der Waals surface area contributed by atoms with Crippen LogP contribution in [-0.4, -0.2) is 60.0 Å². The van der Waals surface area contributed by atoms with Gasteiger partial charge in [0.25, 0.3) is 5.91 Å². The number of rotatable bonds is 6. The highest BCUT2D eigenvalue weighted by atomic mass is 16.1. The number of hydrogen-bond donors (Lipinski definition) is 1. The van der Waals surface area contributed by atoms with E-state index in [-0.39, 0.29) is 11.9 Å². The second-order valence-corrected chi connectivity index (χ2v) is 7.22. The summed E-state index contributed by atoms with van der Waals surface area (Å²) < 4.78 is 0. The Morgan fingerprint density at radius 2 is 1.85 bits per heavy atom. The molecule has 1 saturated heterocycles. The van der Waals surface area contributed by atoms with E-state index in [4.69, 9.17) is 0 Å². The number of carbonyl (C=O) groups is 1. The van der Waals surface area contributed by atoms with E-state index in [0.29, 0.717) is 5.56 Å². The first-order valence-corrected chi connectivity index (χ1v) is 9.30. The van der Waals surface area contributed by atoms with Crippen LogP contribution in [0.1, 0.15) is 28.4 Å². The van der Waals surface area contributed by atoms with E-state index in [0.717, 1.165) is 44.7 Å². The lowest BCUT2D eigenvalue weighted by Crippen LogP contribution is -2.43. The average molecular weight is 352 g/mol. The minimum Gasteiger partial charge on any atom is -0.349 e. The number of nitrogens with one attached hydrogen (secondary N) is 1. The predicted octanol–water partition coefficient (Wildman–Crippen LogP) is 2.19. The number of piperazine rings is 1. The van der Waals surface area contributed by atoms with Crippen LogP contribution in [0.15, 0.2) is 48.8 Å². The molecule has 0 unspecified atom stereocenters. The number of hydrogen-bond acceptors (Lipinski definition) is 4. The van der Waals surface area contributed by atoms with Crippen molar-refractivity contribution in [1.82, 2.24) is 20.1 Å². The van der Waals surface area contributed by atoms with Crippen LogP contribution in [0.25, 0.3) is 0 Å². The molecule has 138 valence electrons. The fourth-order valence-electron chi connectivity index (χ4n) is 3.26. The highest BCUT2D eigenvalue weighted by molar-refractivity contribution is 5.94. The molecule has 1 N–H and O–H groups in total. The molecule has 1 amide bonds. The first-order valence-electron chi connectivity index (χ1n) is 9.30. The van der Waals surface area contributed by atoms with Gasteiger partial charge in [0.2, 0.25) is 0 Å². The van der Waals surface area contributed by atoms with Crippen molar-refractivity contribution in [2.75, 3.05) is 33.2 Å². The third-order valence-corrected chi connectivity index (χ3v) is 4.86. The van der Waals surface area contributed by atoms with Gasteiger partial charge < -0.3 is 10.2 Å². The van der Waals surface area contributed by atoms with Gasteiger partial charge in [-0.15, -0.1) is 0 Å². The molecule has 3 rings (SSSR count). The molecule has 5 heteroatoms. The van der Waals surface area contributed by atoms with E-state index < -0.39 is 0 Å². The van der Waals surface area contributed by atoms with Crippen molar-refractivity contribution in [2.45, 2.75) is 25.9 Å². The monoisotopic (exact) mass is 352 g/mol. The van der Waals surface area contributed by atoms with Crippen LogP contribution in [0.2, 0.25) is 0 Å². The summed E-state index contributed by atoms with van der Waals surface area (Å²) in [5.41, 5.74) is 3.10. The molecule has 1 atom stereocenters. The van der Waals surface area contributed by atoms with Crippen LogP contribution < -0.4 is 5.32 Å². The molecule has 2 heterocycles. The molecule has 1 aromatic carbocycles. The van der Waals surface area contributed by atoms with E-state index in [9.17, 15) is 4.79 Å². The van der Waals surface area contributed by atoms with Crippen molar-refractivity contribution >= 4 is 5.91 Å². The van der Waals surface area contributed by atoms with Crippen LogP contribution in [-0.2, 0) is 13.0 Å². The van der Waals surface area contributed by atoms with Gasteiger partial charge in [0.1, 0.15) is 0 Å². The Bertz CT molecular complexity index is 694. The van der Waals surface area contributed by atoms with Gasteiger partial charge in [-0.3, -0.25) is 14.7 Å². The first kappa shape index (κ1) is 18.5. The zero-order chi connectivity index (χ0) is 18.4. The van der Waals surface area contributed by atoms with Gasteiger partial charge in [-0.05, 0) is 49.7 Å². The summed E-state index contributed by atoms with van der Waals surface area (Å²) in [6.45, 7) is 7.42. The SMILES string of the molecule is C[C@H](Cc1cccnc1)NC(=O)c1ccc(CN2CCN(C)CC2)cc1. The molecule has 2 aromatic rings. The van der Waals surface area contributed by atoms with Crippen molar-refractivity contribution in [3.05, 3.63) is 65.5 Å². The lowest BCUT2D eigenvalue weighted by Gasteiger charge is -2.32. The van der Waals surface area contributed by atoms with Crippen LogP contribution in [0, 0.1) is 0 Å². The smallest absolute Gasteiger partial charge is 0.251 e. The zero-order valence-electron chi connectivity index (χ0n) is 15.7. The fourth-order valence-corrected chi connectivity index (χ4v) is 3.26. The maximum Gasteiger partial charge on any atom is 0.251 e. The summed E-state index contributed by atoms with van der Waals surface area (Å²) in [6, 6.07) is 12.0. The number of benzene rings is 1. The molecule has 1 aromatic heterocycles. The highest BCUT2D eigenvalue weighted by Gasteiger charge is 2.14. The van der Waals surface area contributed by atoms with Gasteiger partial charge in [-0.2, -0.15) is 0 Å². The van der Waals surface area contributed by atoms with Crippen LogP contribution in [0.4, 0.5) is 0 Å². The van der Waals surface area contributed by atoms with Gasteiger partial charge in [0.05, 0.1) is 0 Å². The van der Waals surface area contributed by atoms with E-state index >= 15 is 0 Å². The van der Waals surface area contributed by atoms with E-state index in [1.807, 2.05) is 37.4 Å². The second-order valence-electron chi connectivity index (χ2n) is 7.22.